The predicted octanol–water partition coefficient (Wildman–Crippen LogP) is 4.70. The van der Waals surface area contributed by atoms with Gasteiger partial charge < -0.3 is 25.4 Å². The Kier molecular flexibility index (Phi) is 15.4. The molecule has 2 heterocycles. The van der Waals surface area contributed by atoms with Gasteiger partial charge in [0.25, 0.3) is 5.91 Å². The number of piperidine rings is 1. The number of carboxylic acid groups (broad SMARTS) is 1. The van der Waals surface area contributed by atoms with Crippen molar-refractivity contribution in [2.45, 2.75) is 110 Å². The van der Waals surface area contributed by atoms with Gasteiger partial charge >= 0.3 is 11.9 Å². The molecule has 2 unspecified atom stereocenters. The number of rotatable bonds is 17. The fourth-order valence-electron chi connectivity index (χ4n) is 6.47. The van der Waals surface area contributed by atoms with E-state index in [4.69, 9.17) is 4.74 Å². The number of hydrogen-bond donors (Lipinski definition) is 3. The SMILES string of the molecule is CC(=O)O[C@H](C[C@H](C(C)C)N(C)C(=O)C(NC(=O)C1CCCCN1C)C(C)C)c1nc(C(=O)N[C@@H](Cc2ccccc2)C[C@H](C)C(=O)O)cs1. The van der Waals surface area contributed by atoms with Crippen molar-refractivity contribution in [3.05, 3.63) is 52.0 Å². The zero-order valence-electron chi connectivity index (χ0n) is 30.7. The number of esters is 1. The Labute approximate surface area is 300 Å². The molecule has 0 spiro atoms. The highest BCUT2D eigenvalue weighted by atomic mass is 32.1. The summed E-state index contributed by atoms with van der Waals surface area (Å²) < 4.78 is 5.74. The molecule has 3 amide bonds. The largest absolute Gasteiger partial charge is 0.481 e. The average Bonchev–Trinajstić information content (AvgIpc) is 3.55. The number of aromatic nitrogens is 1. The van der Waals surface area contributed by atoms with Crippen LogP contribution in [0.2, 0.25) is 0 Å². The van der Waals surface area contributed by atoms with E-state index < -0.39 is 48.0 Å². The lowest BCUT2D eigenvalue weighted by atomic mass is 9.94. The second kappa shape index (κ2) is 19.0. The molecule has 0 bridgehead atoms. The number of aliphatic carboxylic acids is 1. The minimum absolute atomic E-state index is 0.0484. The number of thiazole rings is 1. The van der Waals surface area contributed by atoms with Gasteiger partial charge in [0, 0.05) is 37.9 Å². The van der Waals surface area contributed by atoms with Crippen LogP contribution in [0.5, 0.6) is 0 Å². The lowest BCUT2D eigenvalue weighted by Crippen LogP contribution is -2.57. The lowest BCUT2D eigenvalue weighted by Gasteiger charge is -2.37. The standard InChI is InChI=1S/C37H55N5O7S/c1-22(2)30(42(8)36(46)32(23(3)4)40-34(45)29-16-12-13-17-41(29)7)20-31(49-25(6)43)35-39-28(21-50-35)33(44)38-27(18-24(5)37(47)48)19-26-14-10-9-11-15-26/h9-11,14-15,21-24,27,29-32H,12-13,16-20H2,1-8H3,(H,38,44)(H,40,45)(H,47,48)/t24-,27+,29?,30+,31+,32?/m0/s1. The molecular weight excluding hydrogens is 659 g/mol. The molecule has 3 N–H and O–H groups in total. The minimum Gasteiger partial charge on any atom is -0.481 e. The first-order chi connectivity index (χ1) is 23.6. The van der Waals surface area contributed by atoms with E-state index in [0.717, 1.165) is 31.4 Å². The van der Waals surface area contributed by atoms with Crippen LogP contribution in [-0.4, -0.2) is 94.4 Å². The van der Waals surface area contributed by atoms with Crippen molar-refractivity contribution in [3.8, 4) is 0 Å². The molecule has 1 aliphatic heterocycles. The molecule has 0 radical (unpaired) electrons. The number of nitrogens with one attached hydrogen (secondary N) is 2. The maximum atomic E-state index is 14.0. The van der Waals surface area contributed by atoms with Crippen LogP contribution in [0.25, 0.3) is 0 Å². The summed E-state index contributed by atoms with van der Waals surface area (Å²) in [6, 6.07) is 7.66. The van der Waals surface area contributed by atoms with Crippen molar-refractivity contribution in [3.63, 3.8) is 0 Å². The highest BCUT2D eigenvalue weighted by Crippen LogP contribution is 2.31. The number of carbonyl (C=O) groups excluding carboxylic acids is 4. The first-order valence-electron chi connectivity index (χ1n) is 17.6. The lowest BCUT2D eigenvalue weighted by molar-refractivity contribution is -0.149. The Morgan fingerprint density at radius 3 is 2.28 bits per heavy atom. The smallest absolute Gasteiger partial charge is 0.306 e. The van der Waals surface area contributed by atoms with Crippen LogP contribution in [0.15, 0.2) is 35.7 Å². The number of likely N-dealkylation sites (tertiary alicyclic amines) is 1. The van der Waals surface area contributed by atoms with Gasteiger partial charge in [-0.15, -0.1) is 11.3 Å². The molecule has 6 atom stereocenters. The van der Waals surface area contributed by atoms with Crippen molar-refractivity contribution in [2.75, 3.05) is 20.6 Å². The van der Waals surface area contributed by atoms with E-state index in [0.29, 0.717) is 11.4 Å². The van der Waals surface area contributed by atoms with Crippen molar-refractivity contribution in [2.24, 2.45) is 17.8 Å². The van der Waals surface area contributed by atoms with E-state index in [-0.39, 0.29) is 48.2 Å². The van der Waals surface area contributed by atoms with Gasteiger partial charge in [-0.25, -0.2) is 4.98 Å². The van der Waals surface area contributed by atoms with Gasteiger partial charge in [0.05, 0.1) is 12.0 Å². The number of amides is 3. The van der Waals surface area contributed by atoms with Crippen molar-refractivity contribution in [1.29, 1.82) is 0 Å². The number of ether oxygens (including phenoxy) is 1. The number of carbonyl (C=O) groups is 5. The van der Waals surface area contributed by atoms with Crippen molar-refractivity contribution >= 4 is 41.0 Å². The van der Waals surface area contributed by atoms with Crippen molar-refractivity contribution in [1.82, 2.24) is 25.4 Å². The molecule has 1 aliphatic rings. The molecule has 276 valence electrons. The molecule has 3 rings (SSSR count). The van der Waals surface area contributed by atoms with Crippen LogP contribution < -0.4 is 10.6 Å². The van der Waals surface area contributed by atoms with Gasteiger partial charge in [-0.05, 0) is 56.7 Å². The fraction of sp³-hybridized carbons (Fsp3) is 0.622. The van der Waals surface area contributed by atoms with Crippen LogP contribution in [0.3, 0.4) is 0 Å². The van der Waals surface area contributed by atoms with E-state index in [1.807, 2.05) is 70.0 Å². The summed E-state index contributed by atoms with van der Waals surface area (Å²) in [6.45, 7) is 11.5. The first-order valence-corrected chi connectivity index (χ1v) is 18.4. The Hall–Kier alpha value is -3.84. The quantitative estimate of drug-likeness (QED) is 0.198. The second-order valence-corrected chi connectivity index (χ2v) is 15.1. The summed E-state index contributed by atoms with van der Waals surface area (Å²) in [5, 5.41) is 17.5. The third-order valence-electron chi connectivity index (χ3n) is 9.43. The highest BCUT2D eigenvalue weighted by Gasteiger charge is 2.37. The zero-order valence-corrected chi connectivity index (χ0v) is 31.5. The minimum atomic E-state index is -0.945. The van der Waals surface area contributed by atoms with Gasteiger partial charge in [-0.2, -0.15) is 0 Å². The van der Waals surface area contributed by atoms with Gasteiger partial charge in [0.1, 0.15) is 16.7 Å². The molecule has 0 aliphatic carbocycles. The number of likely N-dealkylation sites (N-methyl/N-ethyl adjacent to an activating group) is 2. The summed E-state index contributed by atoms with van der Waals surface area (Å²) >= 11 is 1.18. The van der Waals surface area contributed by atoms with Crippen LogP contribution in [-0.2, 0) is 30.3 Å². The zero-order chi connectivity index (χ0) is 37.1. The van der Waals surface area contributed by atoms with Crippen LogP contribution in [0.4, 0.5) is 0 Å². The fourth-order valence-corrected chi connectivity index (χ4v) is 7.31. The van der Waals surface area contributed by atoms with Gasteiger partial charge in [-0.3, -0.25) is 28.9 Å². The summed E-state index contributed by atoms with van der Waals surface area (Å²) in [5.74, 6) is -3.19. The van der Waals surface area contributed by atoms with Crippen molar-refractivity contribution < 1.29 is 33.8 Å². The monoisotopic (exact) mass is 713 g/mol. The number of nitrogens with zero attached hydrogens (tertiary/aromatic N) is 3. The molecule has 13 heteroatoms. The second-order valence-electron chi connectivity index (χ2n) is 14.2. The summed E-state index contributed by atoms with van der Waals surface area (Å²) in [6.07, 6.45) is 2.83. The van der Waals surface area contributed by atoms with Gasteiger partial charge in [0.15, 0.2) is 6.10 Å². The molecule has 2 aromatic rings. The van der Waals surface area contributed by atoms with E-state index in [9.17, 15) is 29.1 Å². The number of hydrogen-bond acceptors (Lipinski definition) is 9. The summed E-state index contributed by atoms with van der Waals surface area (Å²) in [5.41, 5.74) is 1.09. The van der Waals surface area contributed by atoms with Gasteiger partial charge in [0.2, 0.25) is 11.8 Å². The third-order valence-corrected chi connectivity index (χ3v) is 10.4. The van der Waals surface area contributed by atoms with Crippen LogP contribution >= 0.6 is 11.3 Å². The maximum Gasteiger partial charge on any atom is 0.306 e. The van der Waals surface area contributed by atoms with E-state index in [1.165, 1.54) is 18.3 Å². The highest BCUT2D eigenvalue weighted by molar-refractivity contribution is 7.09. The molecule has 0 saturated carbocycles. The molecule has 1 saturated heterocycles. The maximum absolute atomic E-state index is 14.0. The first kappa shape index (κ1) is 40.6. The summed E-state index contributed by atoms with van der Waals surface area (Å²) in [7, 11) is 3.64. The average molecular weight is 714 g/mol. The Balaban J connectivity index is 1.79. The summed E-state index contributed by atoms with van der Waals surface area (Å²) in [4.78, 5) is 72.9. The van der Waals surface area contributed by atoms with Gasteiger partial charge in [-0.1, -0.05) is 71.4 Å². The molecule has 12 nitrogen and oxygen atoms in total. The topological polar surface area (TPSA) is 158 Å². The Morgan fingerprint density at radius 1 is 1.02 bits per heavy atom. The Bertz CT molecular complexity index is 1450. The molecule has 1 fully saturated rings. The van der Waals surface area contributed by atoms with Crippen LogP contribution in [0, 0.1) is 17.8 Å². The predicted molar refractivity (Wildman–Crippen MR) is 192 cm³/mol. The molecule has 1 aromatic carbocycles. The number of benzene rings is 1. The molecular formula is C37H55N5O7S. The van der Waals surface area contributed by atoms with Crippen LogP contribution in [0.1, 0.15) is 101 Å². The molecule has 50 heavy (non-hydrogen) atoms. The number of carboxylic acids is 1. The third kappa shape index (κ3) is 11.6. The van der Waals surface area contributed by atoms with E-state index in [1.54, 1.807) is 24.3 Å². The van der Waals surface area contributed by atoms with E-state index >= 15 is 0 Å². The Morgan fingerprint density at radius 2 is 1.70 bits per heavy atom. The molecule has 1 aromatic heterocycles. The van der Waals surface area contributed by atoms with E-state index in [2.05, 4.69) is 15.6 Å². The normalized spacial score (nSPS) is 18.1.